The SMILES string of the molecule is COC(=O)c1cc(C#Cc2cc(-c3cc(-c4cc(C#Cc5cc(C(=O)OC)c6cc(C(C)C)cccc5-6)c5cc(C(C)C)cccc4-5)cc(-c4cc(C#Cc5cc(C(=O)OC)c6cc(C(C)C)cccc5-6)c5cc(C(C)C)cccc4-5)c3)c3cccc(C(C)C)cc2-3)c2cccc(C(C)C)cc1-2. The van der Waals surface area contributed by atoms with Crippen LogP contribution in [0.1, 0.15) is 216 Å². The summed E-state index contributed by atoms with van der Waals surface area (Å²) in [6.07, 6.45) is 0. The lowest BCUT2D eigenvalue weighted by molar-refractivity contribution is 0.0593. The Morgan fingerprint density at radius 3 is 0.627 bits per heavy atom. The highest BCUT2D eigenvalue weighted by Crippen LogP contribution is 2.49. The number of fused-ring (bicyclic) bond motifs is 6. The van der Waals surface area contributed by atoms with Crippen LogP contribution < -0.4 is 0 Å². The lowest BCUT2D eigenvalue weighted by atomic mass is 9.91. The van der Waals surface area contributed by atoms with Crippen molar-refractivity contribution in [2.24, 2.45) is 0 Å². The van der Waals surface area contributed by atoms with Crippen molar-refractivity contribution in [2.45, 2.75) is 119 Å². The largest absolute Gasteiger partial charge is 0.465 e. The average Bonchev–Trinajstić information content (AvgIpc) is 1.59. The van der Waals surface area contributed by atoms with Crippen LogP contribution in [-0.4, -0.2) is 39.2 Å². The Morgan fingerprint density at radius 2 is 0.422 bits per heavy atom. The van der Waals surface area contributed by atoms with Gasteiger partial charge in [-0.2, -0.15) is 0 Å². The number of methoxy groups -OCH3 is 3. The van der Waals surface area contributed by atoms with Crippen LogP contribution in [0.15, 0.2) is 200 Å². The average molecular weight is 1330 g/mol. The third-order valence-corrected chi connectivity index (χ3v) is 20.2. The van der Waals surface area contributed by atoms with Gasteiger partial charge in [-0.3, -0.25) is 0 Å². The van der Waals surface area contributed by atoms with Gasteiger partial charge in [-0.15, -0.1) is 0 Å². The van der Waals surface area contributed by atoms with Crippen molar-refractivity contribution in [3.63, 3.8) is 0 Å². The molecule has 12 aliphatic carbocycles. The molecule has 0 bridgehead atoms. The van der Waals surface area contributed by atoms with E-state index in [1.165, 1.54) is 38.0 Å². The Labute approximate surface area is 602 Å². The van der Waals surface area contributed by atoms with Crippen molar-refractivity contribution < 1.29 is 28.6 Å². The lowest BCUT2D eigenvalue weighted by Crippen LogP contribution is -2.00. The first-order chi connectivity index (χ1) is 49.1. The quantitative estimate of drug-likeness (QED) is 0.0689. The van der Waals surface area contributed by atoms with E-state index >= 15 is 0 Å². The van der Waals surface area contributed by atoms with Gasteiger partial charge < -0.3 is 14.2 Å². The van der Waals surface area contributed by atoms with E-state index in [-0.39, 0.29) is 35.5 Å². The maximum atomic E-state index is 13.6. The molecular weight excluding hydrogens is 1250 g/mol. The third-order valence-electron chi connectivity index (χ3n) is 20.2. The molecule has 0 amide bonds. The summed E-state index contributed by atoms with van der Waals surface area (Å²) in [6.45, 7) is 26.2. The molecule has 12 aliphatic rings. The van der Waals surface area contributed by atoms with Crippen LogP contribution >= 0.6 is 0 Å². The van der Waals surface area contributed by atoms with E-state index in [0.717, 1.165) is 150 Å². The molecule has 0 saturated carbocycles. The van der Waals surface area contributed by atoms with Gasteiger partial charge in [-0.05, 0) is 260 Å². The van der Waals surface area contributed by atoms with Crippen molar-refractivity contribution in [1.82, 2.24) is 0 Å². The van der Waals surface area contributed by atoms with Crippen LogP contribution in [-0.2, 0) is 14.2 Å². The fourth-order valence-corrected chi connectivity index (χ4v) is 14.2. The van der Waals surface area contributed by atoms with Gasteiger partial charge in [0.25, 0.3) is 0 Å². The summed E-state index contributed by atoms with van der Waals surface area (Å²) in [6, 6.07) is 70.9. The number of rotatable bonds is 12. The van der Waals surface area contributed by atoms with E-state index in [2.05, 4.69) is 282 Å². The van der Waals surface area contributed by atoms with E-state index in [0.29, 0.717) is 16.7 Å². The number of benzene rings is 1. The Balaban J connectivity index is 1.07. The Kier molecular flexibility index (Phi) is 19.4. The molecule has 102 heavy (non-hydrogen) atoms. The Bertz CT molecular complexity index is 4910. The second-order valence-corrected chi connectivity index (χ2v) is 28.8. The predicted octanol–water partition coefficient (Wildman–Crippen LogP) is 23.6. The molecule has 13 rings (SSSR count). The molecule has 0 N–H and O–H groups in total. The van der Waals surface area contributed by atoms with Crippen molar-refractivity contribution in [2.75, 3.05) is 21.3 Å². The van der Waals surface area contributed by atoms with Crippen LogP contribution in [0, 0.1) is 35.5 Å². The minimum Gasteiger partial charge on any atom is -0.465 e. The zero-order chi connectivity index (χ0) is 71.9. The maximum absolute atomic E-state index is 13.6. The molecule has 0 saturated heterocycles. The summed E-state index contributed by atoms with van der Waals surface area (Å²) in [7, 11) is 4.27. The summed E-state index contributed by atoms with van der Waals surface area (Å²) in [5.74, 6) is 22.0. The van der Waals surface area contributed by atoms with Crippen molar-refractivity contribution in [3.05, 3.63) is 284 Å². The van der Waals surface area contributed by atoms with Crippen molar-refractivity contribution in [1.29, 1.82) is 0 Å². The van der Waals surface area contributed by atoms with Crippen LogP contribution in [0.3, 0.4) is 0 Å². The molecule has 0 spiro atoms. The van der Waals surface area contributed by atoms with Crippen molar-refractivity contribution >= 4 is 17.9 Å². The molecule has 1 aromatic carbocycles. The smallest absolute Gasteiger partial charge is 0.338 e. The van der Waals surface area contributed by atoms with Crippen molar-refractivity contribution in [3.8, 4) is 136 Å². The Hall–Kier alpha value is -11.5. The number of hydrogen-bond acceptors (Lipinski definition) is 6. The van der Waals surface area contributed by atoms with Crippen LogP contribution in [0.2, 0.25) is 0 Å². The first-order valence-electron chi connectivity index (χ1n) is 35.5. The third kappa shape index (κ3) is 13.3. The van der Waals surface area contributed by atoms with Crippen LogP contribution in [0.4, 0.5) is 0 Å². The van der Waals surface area contributed by atoms with Gasteiger partial charge in [0.2, 0.25) is 0 Å². The van der Waals surface area contributed by atoms with Gasteiger partial charge in [0.1, 0.15) is 0 Å². The van der Waals surface area contributed by atoms with Gasteiger partial charge in [0.05, 0.1) is 38.0 Å². The van der Waals surface area contributed by atoms with Crippen LogP contribution in [0.5, 0.6) is 0 Å². The molecule has 6 nitrogen and oxygen atoms in total. The number of hydrogen-bond donors (Lipinski definition) is 0. The molecule has 0 atom stereocenters. The monoisotopic (exact) mass is 1330 g/mol. The Morgan fingerprint density at radius 1 is 0.225 bits per heavy atom. The van der Waals surface area contributed by atoms with E-state index in [1.807, 2.05) is 36.4 Å². The number of carbonyl (C=O) groups excluding carboxylic acids is 3. The second-order valence-electron chi connectivity index (χ2n) is 28.8. The number of ether oxygens (including phenoxy) is 3. The molecule has 1 aromatic rings. The van der Waals surface area contributed by atoms with Gasteiger partial charge in [-0.25, -0.2) is 14.4 Å². The molecule has 0 aromatic heterocycles. The molecule has 504 valence electrons. The highest BCUT2D eigenvalue weighted by Gasteiger charge is 2.28. The summed E-state index contributed by atoms with van der Waals surface area (Å²) in [5, 5.41) is 0. The van der Waals surface area contributed by atoms with E-state index < -0.39 is 17.9 Å². The maximum Gasteiger partial charge on any atom is 0.338 e. The number of carbonyl (C=O) groups is 3. The van der Waals surface area contributed by atoms with Crippen LogP contribution in [0.25, 0.3) is 100 Å². The van der Waals surface area contributed by atoms with Gasteiger partial charge >= 0.3 is 17.9 Å². The summed E-state index contributed by atoms with van der Waals surface area (Å²) in [5.41, 5.74) is 30.2. The van der Waals surface area contributed by atoms with E-state index in [1.54, 1.807) is 0 Å². The fourth-order valence-electron chi connectivity index (χ4n) is 14.2. The first-order valence-corrected chi connectivity index (χ1v) is 35.5. The topological polar surface area (TPSA) is 78.9 Å². The molecular formula is C96H84O6. The highest BCUT2D eigenvalue weighted by molar-refractivity contribution is 6.05. The van der Waals surface area contributed by atoms with E-state index in [4.69, 9.17) is 14.2 Å². The molecule has 0 aliphatic heterocycles. The summed E-state index contributed by atoms with van der Waals surface area (Å²) in [4.78, 5) is 40.7. The second kappa shape index (κ2) is 28.6. The van der Waals surface area contributed by atoms with Gasteiger partial charge in [0, 0.05) is 33.4 Å². The minimum atomic E-state index is -0.408. The predicted molar refractivity (Wildman–Crippen MR) is 418 cm³/mol. The molecule has 0 radical (unpaired) electrons. The van der Waals surface area contributed by atoms with Gasteiger partial charge in [0.15, 0.2) is 0 Å². The molecule has 0 unspecified atom stereocenters. The van der Waals surface area contributed by atoms with Gasteiger partial charge in [-0.1, -0.05) is 228 Å². The standard InChI is InChI=1S/C96H84O6/c1-55(2)61-25-19-31-79-82(43-61)70(37-34-67-52-91(94(97)100-13)88-46-64(58(7)8)22-16-28-76(67)88)49-85(79)73-40-74(86-50-71(83-44-62(56(3)4)26-20-32-80(83)86)38-35-68-53-92(95(98)101-14)89-47-65(59(9)10)23-17-29-77(68)89)42-75(41-73)87-51-72(84-45-63(57(5)6)27-21-33-81(84)87)39-36-69-54-93(96(99)102-15)90-48-66(60(11)12)24-18-30-78(69)90/h16-33,40-60H,1-15H3. The number of esters is 3. The fraction of sp³-hybridized carbons (Fsp3) is 0.219. The summed E-state index contributed by atoms with van der Waals surface area (Å²) < 4.78 is 16.2. The zero-order valence-corrected chi connectivity index (χ0v) is 61.0. The molecule has 0 heterocycles. The first kappa shape index (κ1) is 69.0. The highest BCUT2D eigenvalue weighted by atomic mass is 16.5. The lowest BCUT2D eigenvalue weighted by Gasteiger charge is -2.12. The van der Waals surface area contributed by atoms with E-state index in [9.17, 15) is 14.4 Å². The zero-order valence-electron chi connectivity index (χ0n) is 61.0. The normalized spacial score (nSPS) is 11.5. The minimum absolute atomic E-state index is 0.217. The molecule has 0 fully saturated rings. The summed E-state index contributed by atoms with van der Waals surface area (Å²) >= 11 is 0. The molecule has 6 heteroatoms.